The van der Waals surface area contributed by atoms with Gasteiger partial charge < -0.3 is 5.73 Å². The largest absolute Gasteiger partial charge is 0.328 e. The standard InChI is InChI=1S/C15H24N2O/c1-2-18-17(12-13-6-4-3-5-7-13)15-10-8-14(16)9-11-15/h3-7,14-15H,2,8-12,16H2,1H3. The van der Waals surface area contributed by atoms with Gasteiger partial charge in [-0.15, -0.1) is 0 Å². The molecule has 1 aliphatic rings. The molecule has 2 rings (SSSR count). The highest BCUT2D eigenvalue weighted by atomic mass is 16.7. The first kappa shape index (κ1) is 13.5. The van der Waals surface area contributed by atoms with E-state index in [4.69, 9.17) is 10.6 Å². The molecule has 1 aromatic rings. The van der Waals surface area contributed by atoms with Crippen molar-refractivity contribution < 1.29 is 4.84 Å². The van der Waals surface area contributed by atoms with Gasteiger partial charge in [-0.1, -0.05) is 30.3 Å². The molecular weight excluding hydrogens is 224 g/mol. The normalized spacial score (nSPS) is 24.4. The second kappa shape index (κ2) is 6.88. The molecule has 0 heterocycles. The SMILES string of the molecule is CCON(Cc1ccccc1)C1CCC(N)CC1. The van der Waals surface area contributed by atoms with Gasteiger partial charge in [0.05, 0.1) is 6.61 Å². The molecule has 0 amide bonds. The molecule has 1 saturated carbocycles. The van der Waals surface area contributed by atoms with E-state index in [-0.39, 0.29) is 0 Å². The van der Waals surface area contributed by atoms with E-state index in [1.165, 1.54) is 5.56 Å². The van der Waals surface area contributed by atoms with Crippen LogP contribution in [0.1, 0.15) is 38.2 Å². The highest BCUT2D eigenvalue weighted by Gasteiger charge is 2.24. The molecule has 0 unspecified atom stereocenters. The van der Waals surface area contributed by atoms with Crippen molar-refractivity contribution in [1.29, 1.82) is 0 Å². The first-order valence-electron chi connectivity index (χ1n) is 6.98. The molecule has 0 radical (unpaired) electrons. The van der Waals surface area contributed by atoms with Gasteiger partial charge >= 0.3 is 0 Å². The Morgan fingerprint density at radius 3 is 2.44 bits per heavy atom. The van der Waals surface area contributed by atoms with Crippen molar-refractivity contribution >= 4 is 0 Å². The Balaban J connectivity index is 1.95. The number of hydroxylamine groups is 2. The topological polar surface area (TPSA) is 38.5 Å². The zero-order chi connectivity index (χ0) is 12.8. The Bertz CT molecular complexity index is 334. The molecule has 2 N–H and O–H groups in total. The van der Waals surface area contributed by atoms with Crippen LogP contribution in [0.15, 0.2) is 30.3 Å². The quantitative estimate of drug-likeness (QED) is 0.814. The van der Waals surface area contributed by atoms with Gasteiger partial charge in [0.25, 0.3) is 0 Å². The fourth-order valence-corrected chi connectivity index (χ4v) is 2.60. The summed E-state index contributed by atoms with van der Waals surface area (Å²) in [5.41, 5.74) is 7.27. The summed E-state index contributed by atoms with van der Waals surface area (Å²) in [5, 5.41) is 2.15. The molecule has 1 aromatic carbocycles. The van der Waals surface area contributed by atoms with Gasteiger partial charge in [-0.05, 0) is 38.2 Å². The smallest absolute Gasteiger partial charge is 0.0657 e. The van der Waals surface area contributed by atoms with Crippen molar-refractivity contribution in [3.8, 4) is 0 Å². The monoisotopic (exact) mass is 248 g/mol. The fourth-order valence-electron chi connectivity index (χ4n) is 2.60. The molecular formula is C15H24N2O. The molecule has 0 bridgehead atoms. The van der Waals surface area contributed by atoms with Crippen LogP contribution in [-0.4, -0.2) is 23.8 Å². The first-order chi connectivity index (χ1) is 8.79. The van der Waals surface area contributed by atoms with Crippen molar-refractivity contribution in [2.24, 2.45) is 5.73 Å². The Morgan fingerprint density at radius 1 is 1.17 bits per heavy atom. The molecule has 18 heavy (non-hydrogen) atoms. The molecule has 0 spiro atoms. The average Bonchev–Trinajstić information content (AvgIpc) is 2.40. The highest BCUT2D eigenvalue weighted by Crippen LogP contribution is 2.23. The lowest BCUT2D eigenvalue weighted by molar-refractivity contribution is -0.196. The summed E-state index contributed by atoms with van der Waals surface area (Å²) in [5.74, 6) is 0. The van der Waals surface area contributed by atoms with Gasteiger partial charge in [0, 0.05) is 18.6 Å². The van der Waals surface area contributed by atoms with Crippen LogP contribution in [-0.2, 0) is 11.4 Å². The van der Waals surface area contributed by atoms with E-state index < -0.39 is 0 Å². The molecule has 100 valence electrons. The molecule has 0 aliphatic heterocycles. The third kappa shape index (κ3) is 3.80. The molecule has 0 aromatic heterocycles. The van der Waals surface area contributed by atoms with Crippen LogP contribution < -0.4 is 5.73 Å². The predicted octanol–water partition coefficient (Wildman–Crippen LogP) is 2.71. The molecule has 1 aliphatic carbocycles. The van der Waals surface area contributed by atoms with E-state index in [0.717, 1.165) is 38.8 Å². The maximum atomic E-state index is 5.96. The zero-order valence-corrected chi connectivity index (χ0v) is 11.2. The average molecular weight is 248 g/mol. The molecule has 3 nitrogen and oxygen atoms in total. The second-order valence-electron chi connectivity index (χ2n) is 5.05. The molecule has 3 heteroatoms. The van der Waals surface area contributed by atoms with E-state index in [0.29, 0.717) is 12.1 Å². The number of hydrogen-bond donors (Lipinski definition) is 1. The highest BCUT2D eigenvalue weighted by molar-refractivity contribution is 5.14. The van der Waals surface area contributed by atoms with Crippen LogP contribution in [0.4, 0.5) is 0 Å². The van der Waals surface area contributed by atoms with Crippen LogP contribution in [0.2, 0.25) is 0 Å². The number of rotatable bonds is 5. The van der Waals surface area contributed by atoms with Gasteiger partial charge in [0.2, 0.25) is 0 Å². The van der Waals surface area contributed by atoms with Gasteiger partial charge in [0.1, 0.15) is 0 Å². The maximum absolute atomic E-state index is 5.96. The van der Waals surface area contributed by atoms with Crippen LogP contribution in [0.3, 0.4) is 0 Å². The lowest BCUT2D eigenvalue weighted by Crippen LogP contribution is -2.40. The molecule has 1 fully saturated rings. The minimum atomic E-state index is 0.390. The Labute approximate surface area is 110 Å². The lowest BCUT2D eigenvalue weighted by Gasteiger charge is -2.35. The second-order valence-corrected chi connectivity index (χ2v) is 5.05. The fraction of sp³-hybridized carbons (Fsp3) is 0.600. The first-order valence-corrected chi connectivity index (χ1v) is 6.98. The third-order valence-electron chi connectivity index (χ3n) is 3.62. The maximum Gasteiger partial charge on any atom is 0.0657 e. The van der Waals surface area contributed by atoms with Crippen LogP contribution in [0.5, 0.6) is 0 Å². The summed E-state index contributed by atoms with van der Waals surface area (Å²) in [6.07, 6.45) is 4.52. The summed E-state index contributed by atoms with van der Waals surface area (Å²) in [6, 6.07) is 11.4. The zero-order valence-electron chi connectivity index (χ0n) is 11.2. The Kier molecular flexibility index (Phi) is 5.17. The summed E-state index contributed by atoms with van der Waals surface area (Å²) in [4.78, 5) is 5.81. The van der Waals surface area contributed by atoms with E-state index in [1.807, 2.05) is 13.0 Å². The van der Waals surface area contributed by atoms with E-state index >= 15 is 0 Å². The molecule has 0 saturated heterocycles. The summed E-state index contributed by atoms with van der Waals surface area (Å²) in [7, 11) is 0. The Hall–Kier alpha value is -0.900. The van der Waals surface area contributed by atoms with Crippen molar-refractivity contribution in [2.75, 3.05) is 6.61 Å². The number of benzene rings is 1. The van der Waals surface area contributed by atoms with Gasteiger partial charge in [0.15, 0.2) is 0 Å². The number of nitrogens with two attached hydrogens (primary N) is 1. The van der Waals surface area contributed by atoms with Crippen molar-refractivity contribution in [1.82, 2.24) is 5.06 Å². The van der Waals surface area contributed by atoms with E-state index in [9.17, 15) is 0 Å². The van der Waals surface area contributed by atoms with Crippen LogP contribution >= 0.6 is 0 Å². The minimum absolute atomic E-state index is 0.390. The third-order valence-corrected chi connectivity index (χ3v) is 3.62. The lowest BCUT2D eigenvalue weighted by atomic mass is 9.91. The van der Waals surface area contributed by atoms with E-state index in [2.05, 4.69) is 29.3 Å². The van der Waals surface area contributed by atoms with E-state index in [1.54, 1.807) is 0 Å². The van der Waals surface area contributed by atoms with Crippen molar-refractivity contribution in [3.63, 3.8) is 0 Å². The minimum Gasteiger partial charge on any atom is -0.328 e. The van der Waals surface area contributed by atoms with Gasteiger partial charge in [-0.2, -0.15) is 5.06 Å². The predicted molar refractivity (Wildman–Crippen MR) is 73.8 cm³/mol. The number of nitrogens with zero attached hydrogens (tertiary/aromatic N) is 1. The van der Waals surface area contributed by atoms with Crippen molar-refractivity contribution in [3.05, 3.63) is 35.9 Å². The Morgan fingerprint density at radius 2 is 1.83 bits per heavy atom. The summed E-state index contributed by atoms with van der Waals surface area (Å²) in [6.45, 7) is 3.65. The van der Waals surface area contributed by atoms with Gasteiger partial charge in [-0.25, -0.2) is 0 Å². The number of hydrogen-bond acceptors (Lipinski definition) is 3. The summed E-state index contributed by atoms with van der Waals surface area (Å²) >= 11 is 0. The van der Waals surface area contributed by atoms with Crippen molar-refractivity contribution in [2.45, 2.75) is 51.2 Å². The molecule has 0 atom stereocenters. The van der Waals surface area contributed by atoms with Crippen LogP contribution in [0.25, 0.3) is 0 Å². The van der Waals surface area contributed by atoms with Crippen LogP contribution in [0, 0.1) is 0 Å². The van der Waals surface area contributed by atoms with Gasteiger partial charge in [-0.3, -0.25) is 4.84 Å². The summed E-state index contributed by atoms with van der Waals surface area (Å²) < 4.78 is 0.